The minimum atomic E-state index is -0.395. The van der Waals surface area contributed by atoms with E-state index in [-0.39, 0.29) is 11.8 Å². The molecule has 0 aliphatic carbocycles. The van der Waals surface area contributed by atoms with Gasteiger partial charge in [0.25, 0.3) is 0 Å². The molecule has 84 valence electrons. The maximum Gasteiger partial charge on any atom is 0.134 e. The predicted octanol–water partition coefficient (Wildman–Crippen LogP) is 3.34. The molecule has 0 aliphatic rings. The first-order valence-corrected chi connectivity index (χ1v) is 5.64. The fourth-order valence-corrected chi connectivity index (χ4v) is 1.95. The number of hydrogen-bond acceptors (Lipinski definition) is 2. The minimum Gasteiger partial charge on any atom is -0.506 e. The van der Waals surface area contributed by atoms with E-state index < -0.39 is 5.82 Å². The van der Waals surface area contributed by atoms with Crippen molar-refractivity contribution >= 4 is 15.9 Å². The third kappa shape index (κ3) is 3.18. The topological polar surface area (TPSA) is 46.2 Å². The van der Waals surface area contributed by atoms with Crippen LogP contribution in [0, 0.1) is 11.7 Å². The van der Waals surface area contributed by atoms with Gasteiger partial charge in [0.05, 0.1) is 4.47 Å². The highest BCUT2D eigenvalue weighted by Gasteiger charge is 2.16. The third-order valence-corrected chi connectivity index (χ3v) is 2.79. The van der Waals surface area contributed by atoms with Gasteiger partial charge in [-0.2, -0.15) is 0 Å². The summed E-state index contributed by atoms with van der Waals surface area (Å²) in [5.41, 5.74) is 6.34. The standard InChI is InChI=1S/C11H15BrFNO/c1-6(2)3-10(14)8-4-7(13)5-9(12)11(8)15/h4-6,10,15H,3,14H2,1-2H3/t10-/m0/s1. The molecule has 0 fully saturated rings. The number of aromatic hydroxyl groups is 1. The largest absolute Gasteiger partial charge is 0.506 e. The summed E-state index contributed by atoms with van der Waals surface area (Å²) in [6.07, 6.45) is 0.712. The molecule has 2 nitrogen and oxygen atoms in total. The fraction of sp³-hybridized carbons (Fsp3) is 0.455. The molecular weight excluding hydrogens is 261 g/mol. The molecule has 0 spiro atoms. The molecular formula is C11H15BrFNO. The Labute approximate surface area is 97.4 Å². The molecule has 0 aromatic heterocycles. The van der Waals surface area contributed by atoms with E-state index in [0.29, 0.717) is 22.4 Å². The van der Waals surface area contributed by atoms with Crippen LogP contribution in [0.5, 0.6) is 5.75 Å². The monoisotopic (exact) mass is 275 g/mol. The van der Waals surface area contributed by atoms with Crippen molar-refractivity contribution in [3.8, 4) is 5.75 Å². The van der Waals surface area contributed by atoms with Crippen molar-refractivity contribution in [1.29, 1.82) is 0 Å². The predicted molar refractivity (Wildman–Crippen MR) is 62.1 cm³/mol. The van der Waals surface area contributed by atoms with Crippen molar-refractivity contribution in [3.05, 3.63) is 28.0 Å². The minimum absolute atomic E-state index is 0.0320. The van der Waals surface area contributed by atoms with Crippen molar-refractivity contribution in [2.45, 2.75) is 26.3 Å². The van der Waals surface area contributed by atoms with Crippen LogP contribution in [0.15, 0.2) is 16.6 Å². The zero-order valence-electron chi connectivity index (χ0n) is 8.80. The molecule has 1 rings (SSSR count). The van der Waals surface area contributed by atoms with E-state index in [0.717, 1.165) is 0 Å². The maximum atomic E-state index is 13.1. The van der Waals surface area contributed by atoms with Gasteiger partial charge in [-0.3, -0.25) is 0 Å². The summed E-state index contributed by atoms with van der Waals surface area (Å²) < 4.78 is 13.5. The van der Waals surface area contributed by atoms with Crippen molar-refractivity contribution in [3.63, 3.8) is 0 Å². The van der Waals surface area contributed by atoms with Gasteiger partial charge in [0.2, 0.25) is 0 Å². The van der Waals surface area contributed by atoms with E-state index >= 15 is 0 Å². The van der Waals surface area contributed by atoms with Gasteiger partial charge in [0, 0.05) is 11.6 Å². The number of benzene rings is 1. The van der Waals surface area contributed by atoms with Crippen molar-refractivity contribution in [1.82, 2.24) is 0 Å². The van der Waals surface area contributed by atoms with E-state index in [1.165, 1.54) is 12.1 Å². The lowest BCUT2D eigenvalue weighted by atomic mass is 9.97. The quantitative estimate of drug-likeness (QED) is 0.889. The molecule has 0 saturated carbocycles. The number of halogens is 2. The van der Waals surface area contributed by atoms with Crippen LogP contribution in [0.2, 0.25) is 0 Å². The number of hydrogen-bond donors (Lipinski definition) is 2. The summed E-state index contributed by atoms with van der Waals surface area (Å²) in [5, 5.41) is 9.71. The summed E-state index contributed by atoms with van der Waals surface area (Å²) in [6.45, 7) is 4.07. The highest BCUT2D eigenvalue weighted by Crippen LogP contribution is 2.34. The zero-order valence-corrected chi connectivity index (χ0v) is 10.4. The Kier molecular flexibility index (Phi) is 4.11. The number of phenols is 1. The van der Waals surface area contributed by atoms with Crippen LogP contribution in [0.25, 0.3) is 0 Å². The number of phenolic OH excluding ortho intramolecular Hbond substituents is 1. The third-order valence-electron chi connectivity index (χ3n) is 2.18. The molecule has 1 atom stereocenters. The van der Waals surface area contributed by atoms with Gasteiger partial charge < -0.3 is 10.8 Å². The molecule has 0 unspecified atom stereocenters. The van der Waals surface area contributed by atoms with Gasteiger partial charge in [-0.25, -0.2) is 4.39 Å². The van der Waals surface area contributed by atoms with Gasteiger partial charge in [-0.15, -0.1) is 0 Å². The molecule has 0 heterocycles. The lowest BCUT2D eigenvalue weighted by Gasteiger charge is -2.16. The Morgan fingerprint density at radius 3 is 2.60 bits per heavy atom. The van der Waals surface area contributed by atoms with Gasteiger partial charge in [0.1, 0.15) is 11.6 Å². The molecule has 0 bridgehead atoms. The lowest BCUT2D eigenvalue weighted by molar-refractivity contribution is 0.439. The zero-order chi connectivity index (χ0) is 11.6. The summed E-state index contributed by atoms with van der Waals surface area (Å²) in [5.74, 6) is 0.0415. The second-order valence-corrected chi connectivity index (χ2v) is 4.92. The Morgan fingerprint density at radius 2 is 2.07 bits per heavy atom. The first-order chi connectivity index (χ1) is 6.91. The molecule has 4 heteroatoms. The molecule has 0 aliphatic heterocycles. The van der Waals surface area contributed by atoms with Gasteiger partial charge in [-0.05, 0) is 40.4 Å². The SMILES string of the molecule is CC(C)C[C@H](N)c1cc(F)cc(Br)c1O. The van der Waals surface area contributed by atoms with Crippen LogP contribution in [0.3, 0.4) is 0 Å². The van der Waals surface area contributed by atoms with E-state index in [1.807, 2.05) is 13.8 Å². The smallest absolute Gasteiger partial charge is 0.134 e. The van der Waals surface area contributed by atoms with Crippen LogP contribution in [0.4, 0.5) is 4.39 Å². The van der Waals surface area contributed by atoms with Gasteiger partial charge >= 0.3 is 0 Å². The van der Waals surface area contributed by atoms with Crippen molar-refractivity contribution in [2.75, 3.05) is 0 Å². The number of rotatable bonds is 3. The molecule has 0 radical (unpaired) electrons. The van der Waals surface area contributed by atoms with Crippen LogP contribution in [0.1, 0.15) is 31.9 Å². The van der Waals surface area contributed by atoms with E-state index in [2.05, 4.69) is 15.9 Å². The highest BCUT2D eigenvalue weighted by molar-refractivity contribution is 9.10. The maximum absolute atomic E-state index is 13.1. The molecule has 1 aromatic rings. The fourth-order valence-electron chi connectivity index (χ4n) is 1.50. The molecule has 0 saturated heterocycles. The van der Waals surface area contributed by atoms with Crippen molar-refractivity contribution in [2.24, 2.45) is 11.7 Å². The summed E-state index contributed by atoms with van der Waals surface area (Å²) >= 11 is 3.09. The first-order valence-electron chi connectivity index (χ1n) is 4.85. The summed E-state index contributed by atoms with van der Waals surface area (Å²) in [6, 6.07) is 2.17. The van der Waals surface area contributed by atoms with E-state index in [4.69, 9.17) is 5.73 Å². The Morgan fingerprint density at radius 1 is 1.47 bits per heavy atom. The van der Waals surface area contributed by atoms with E-state index in [9.17, 15) is 9.50 Å². The van der Waals surface area contributed by atoms with Crippen LogP contribution >= 0.6 is 15.9 Å². The average Bonchev–Trinajstić information content (AvgIpc) is 2.09. The normalized spacial score (nSPS) is 13.2. The Bertz CT molecular complexity index is 355. The summed E-state index contributed by atoms with van der Waals surface area (Å²) in [7, 11) is 0. The highest BCUT2D eigenvalue weighted by atomic mass is 79.9. The Hall–Kier alpha value is -0.610. The first kappa shape index (κ1) is 12.5. The Balaban J connectivity index is 3.02. The van der Waals surface area contributed by atoms with Crippen molar-refractivity contribution < 1.29 is 9.50 Å². The van der Waals surface area contributed by atoms with Gasteiger partial charge in [-0.1, -0.05) is 13.8 Å². The second-order valence-electron chi connectivity index (χ2n) is 4.06. The molecule has 3 N–H and O–H groups in total. The number of nitrogens with two attached hydrogens (primary N) is 1. The second kappa shape index (κ2) is 4.94. The molecule has 15 heavy (non-hydrogen) atoms. The van der Waals surface area contributed by atoms with Crippen LogP contribution < -0.4 is 5.73 Å². The average molecular weight is 276 g/mol. The van der Waals surface area contributed by atoms with Gasteiger partial charge in [0.15, 0.2) is 0 Å². The molecule has 1 aromatic carbocycles. The lowest BCUT2D eigenvalue weighted by Crippen LogP contribution is -2.13. The van der Waals surface area contributed by atoms with Crippen LogP contribution in [-0.4, -0.2) is 5.11 Å². The summed E-state index contributed by atoms with van der Waals surface area (Å²) in [4.78, 5) is 0. The van der Waals surface area contributed by atoms with Crippen LogP contribution in [-0.2, 0) is 0 Å². The molecule has 0 amide bonds. The van der Waals surface area contributed by atoms with E-state index in [1.54, 1.807) is 0 Å².